The van der Waals surface area contributed by atoms with E-state index in [1.807, 2.05) is 12.2 Å². The van der Waals surface area contributed by atoms with Gasteiger partial charge in [0.1, 0.15) is 10.6 Å². The molecule has 0 heterocycles. The highest BCUT2D eigenvalue weighted by molar-refractivity contribution is 6.33. The summed E-state index contributed by atoms with van der Waals surface area (Å²) in [6, 6.07) is 4.34. The molecule has 1 aliphatic rings. The summed E-state index contributed by atoms with van der Waals surface area (Å²) in [5.41, 5.74) is -0.345. The molecule has 18 heavy (non-hydrogen) atoms. The largest absolute Gasteiger partial charge is 0.348 e. The number of carbonyl (C=O) groups is 1. The fourth-order valence-corrected chi connectivity index (χ4v) is 2.13. The first kappa shape index (κ1) is 12.6. The van der Waals surface area contributed by atoms with Gasteiger partial charge in [0, 0.05) is 6.04 Å². The third kappa shape index (κ3) is 2.51. The van der Waals surface area contributed by atoms with Crippen LogP contribution >= 0.6 is 11.6 Å². The molecule has 1 aliphatic carbocycles. The van der Waals surface area contributed by atoms with Gasteiger partial charge in [-0.05, 0) is 25.0 Å². The normalized spacial score (nSPS) is 14.7. The molecular formula is C12H11ClN2O3. The van der Waals surface area contributed by atoms with Crippen molar-refractivity contribution in [3.05, 3.63) is 51.1 Å². The Kier molecular flexibility index (Phi) is 3.62. The van der Waals surface area contributed by atoms with Crippen LogP contribution in [0.15, 0.2) is 30.4 Å². The van der Waals surface area contributed by atoms with Crippen molar-refractivity contribution >= 4 is 23.2 Å². The van der Waals surface area contributed by atoms with Gasteiger partial charge in [-0.15, -0.1) is 0 Å². The van der Waals surface area contributed by atoms with Gasteiger partial charge >= 0.3 is 5.69 Å². The molecule has 0 fully saturated rings. The fourth-order valence-electron chi connectivity index (χ4n) is 1.88. The molecule has 6 heteroatoms. The average Bonchev–Trinajstić information content (AvgIpc) is 2.80. The highest BCUT2D eigenvalue weighted by Crippen LogP contribution is 2.28. The summed E-state index contributed by atoms with van der Waals surface area (Å²) in [5.74, 6) is -0.460. The molecule has 0 aromatic heterocycles. The van der Waals surface area contributed by atoms with Crippen molar-refractivity contribution in [1.82, 2.24) is 5.32 Å². The molecule has 0 saturated carbocycles. The molecule has 2 rings (SSSR count). The molecule has 94 valence electrons. The van der Waals surface area contributed by atoms with Crippen molar-refractivity contribution in [2.24, 2.45) is 0 Å². The first-order valence-corrected chi connectivity index (χ1v) is 5.86. The van der Waals surface area contributed by atoms with Crippen molar-refractivity contribution in [3.8, 4) is 0 Å². The second kappa shape index (κ2) is 5.18. The van der Waals surface area contributed by atoms with Gasteiger partial charge in [0.2, 0.25) is 0 Å². The van der Waals surface area contributed by atoms with Gasteiger partial charge in [0.05, 0.1) is 4.92 Å². The molecule has 1 amide bonds. The third-order valence-electron chi connectivity index (χ3n) is 2.76. The molecule has 0 aliphatic heterocycles. The molecule has 0 radical (unpaired) electrons. The van der Waals surface area contributed by atoms with Crippen LogP contribution < -0.4 is 5.32 Å². The van der Waals surface area contributed by atoms with E-state index in [0.717, 1.165) is 12.8 Å². The number of hydrogen-bond acceptors (Lipinski definition) is 3. The number of halogens is 1. The lowest BCUT2D eigenvalue weighted by Crippen LogP contribution is -2.33. The Labute approximate surface area is 109 Å². The maximum atomic E-state index is 12.0. The molecule has 1 N–H and O–H groups in total. The van der Waals surface area contributed by atoms with Crippen molar-refractivity contribution in [3.63, 3.8) is 0 Å². The first-order chi connectivity index (χ1) is 8.59. The standard InChI is InChI=1S/C12H11ClN2O3/c13-10-7-3-6-9(11(10)15(17)18)12(16)14-8-4-1-2-5-8/h1-3,6-8H,4-5H2,(H,14,16). The topological polar surface area (TPSA) is 72.2 Å². The van der Waals surface area contributed by atoms with E-state index in [-0.39, 0.29) is 22.3 Å². The summed E-state index contributed by atoms with van der Waals surface area (Å²) in [4.78, 5) is 22.3. The first-order valence-electron chi connectivity index (χ1n) is 5.48. The highest BCUT2D eigenvalue weighted by atomic mass is 35.5. The van der Waals surface area contributed by atoms with Gasteiger partial charge in [-0.1, -0.05) is 29.8 Å². The summed E-state index contributed by atoms with van der Waals surface area (Å²) >= 11 is 5.75. The Hall–Kier alpha value is -1.88. The zero-order valence-electron chi connectivity index (χ0n) is 9.43. The molecule has 5 nitrogen and oxygen atoms in total. The molecule has 0 bridgehead atoms. The van der Waals surface area contributed by atoms with Gasteiger partial charge in [-0.25, -0.2) is 0 Å². The van der Waals surface area contributed by atoms with E-state index in [4.69, 9.17) is 11.6 Å². The summed E-state index contributed by atoms with van der Waals surface area (Å²) < 4.78 is 0. The third-order valence-corrected chi connectivity index (χ3v) is 3.06. The lowest BCUT2D eigenvalue weighted by atomic mass is 10.1. The van der Waals surface area contributed by atoms with Gasteiger partial charge in [-0.3, -0.25) is 14.9 Å². The minimum atomic E-state index is -0.635. The molecule has 0 spiro atoms. The number of para-hydroxylation sites is 1. The van der Waals surface area contributed by atoms with Gasteiger partial charge in [0.25, 0.3) is 5.91 Å². The zero-order valence-corrected chi connectivity index (χ0v) is 10.2. The van der Waals surface area contributed by atoms with E-state index < -0.39 is 10.8 Å². The molecule has 0 unspecified atom stereocenters. The van der Waals surface area contributed by atoms with Crippen LogP contribution in [0.5, 0.6) is 0 Å². The van der Waals surface area contributed by atoms with Gasteiger partial charge < -0.3 is 5.32 Å². The number of nitrogens with zero attached hydrogens (tertiary/aromatic N) is 1. The predicted octanol–water partition coefficient (Wildman–Crippen LogP) is 2.70. The van der Waals surface area contributed by atoms with Crippen LogP contribution in [0.25, 0.3) is 0 Å². The van der Waals surface area contributed by atoms with E-state index in [2.05, 4.69) is 5.32 Å². The Morgan fingerprint density at radius 3 is 2.67 bits per heavy atom. The molecule has 0 saturated heterocycles. The van der Waals surface area contributed by atoms with E-state index in [1.165, 1.54) is 18.2 Å². The lowest BCUT2D eigenvalue weighted by molar-refractivity contribution is -0.385. The Bertz CT molecular complexity index is 520. The van der Waals surface area contributed by atoms with Crippen LogP contribution in [0.2, 0.25) is 5.02 Å². The second-order valence-electron chi connectivity index (χ2n) is 4.01. The molecular weight excluding hydrogens is 256 g/mol. The molecule has 1 aromatic carbocycles. The van der Waals surface area contributed by atoms with Crippen LogP contribution in [0.3, 0.4) is 0 Å². The van der Waals surface area contributed by atoms with Crippen molar-refractivity contribution in [2.45, 2.75) is 18.9 Å². The van der Waals surface area contributed by atoms with Crippen LogP contribution in [-0.2, 0) is 0 Å². The van der Waals surface area contributed by atoms with E-state index >= 15 is 0 Å². The summed E-state index contributed by atoms with van der Waals surface area (Å²) in [7, 11) is 0. The Morgan fingerprint density at radius 2 is 2.06 bits per heavy atom. The number of benzene rings is 1. The van der Waals surface area contributed by atoms with Crippen molar-refractivity contribution < 1.29 is 9.72 Å². The van der Waals surface area contributed by atoms with Crippen LogP contribution in [0.1, 0.15) is 23.2 Å². The number of nitro groups is 1. The average molecular weight is 267 g/mol. The number of carbonyl (C=O) groups excluding carboxylic acids is 1. The summed E-state index contributed by atoms with van der Waals surface area (Å²) in [6.45, 7) is 0. The maximum absolute atomic E-state index is 12.0. The lowest BCUT2D eigenvalue weighted by Gasteiger charge is -2.12. The number of hydrogen-bond donors (Lipinski definition) is 1. The van der Waals surface area contributed by atoms with Gasteiger partial charge in [0.15, 0.2) is 0 Å². The minimum absolute atomic E-state index is 0.000556. The second-order valence-corrected chi connectivity index (χ2v) is 4.41. The Balaban J connectivity index is 2.24. The quantitative estimate of drug-likeness (QED) is 0.519. The Morgan fingerprint density at radius 1 is 1.39 bits per heavy atom. The van der Waals surface area contributed by atoms with Crippen LogP contribution in [-0.4, -0.2) is 16.9 Å². The van der Waals surface area contributed by atoms with E-state index in [0.29, 0.717) is 0 Å². The number of nitro benzene ring substituents is 1. The number of amides is 1. The number of rotatable bonds is 3. The number of nitrogens with one attached hydrogen (secondary N) is 1. The maximum Gasteiger partial charge on any atom is 0.300 e. The van der Waals surface area contributed by atoms with Crippen LogP contribution in [0.4, 0.5) is 5.69 Å². The fraction of sp³-hybridized carbons (Fsp3) is 0.250. The van der Waals surface area contributed by atoms with E-state index in [9.17, 15) is 14.9 Å². The highest BCUT2D eigenvalue weighted by Gasteiger charge is 2.25. The zero-order chi connectivity index (χ0) is 13.1. The smallest absolute Gasteiger partial charge is 0.300 e. The SMILES string of the molecule is O=C(NC1CC=CC1)c1cccc(Cl)c1[N+](=O)[O-]. The van der Waals surface area contributed by atoms with Crippen molar-refractivity contribution in [2.75, 3.05) is 0 Å². The van der Waals surface area contributed by atoms with Crippen molar-refractivity contribution in [1.29, 1.82) is 0 Å². The van der Waals surface area contributed by atoms with Crippen LogP contribution in [0, 0.1) is 10.1 Å². The van der Waals surface area contributed by atoms with E-state index in [1.54, 1.807) is 0 Å². The summed E-state index contributed by atoms with van der Waals surface area (Å²) in [5, 5.41) is 13.6. The predicted molar refractivity (Wildman–Crippen MR) is 67.7 cm³/mol. The minimum Gasteiger partial charge on any atom is -0.348 e. The monoisotopic (exact) mass is 266 g/mol. The van der Waals surface area contributed by atoms with Gasteiger partial charge in [-0.2, -0.15) is 0 Å². The summed E-state index contributed by atoms with van der Waals surface area (Å²) in [6.07, 6.45) is 5.44. The molecule has 0 atom stereocenters. The molecule has 1 aromatic rings.